The number of fused-ring (bicyclic) bond motifs is 1. The third kappa shape index (κ3) is 4.15. The van der Waals surface area contributed by atoms with Gasteiger partial charge in [-0.3, -0.25) is 0 Å². The van der Waals surface area contributed by atoms with Crippen molar-refractivity contribution in [2.75, 3.05) is 43.9 Å². The molecule has 6 nitrogen and oxygen atoms in total. The fourth-order valence-corrected chi connectivity index (χ4v) is 4.49. The summed E-state index contributed by atoms with van der Waals surface area (Å²) in [4.78, 5) is 14.2. The van der Waals surface area contributed by atoms with E-state index in [1.165, 1.54) is 0 Å². The van der Waals surface area contributed by atoms with E-state index in [1.54, 1.807) is 0 Å². The number of nitriles is 1. The van der Waals surface area contributed by atoms with Crippen molar-refractivity contribution in [3.63, 3.8) is 0 Å². The fraction of sp³-hybridized carbons (Fsp3) is 0.192. The van der Waals surface area contributed by atoms with E-state index in [2.05, 4.69) is 49.9 Å². The van der Waals surface area contributed by atoms with Gasteiger partial charge in [-0.1, -0.05) is 46.3 Å². The van der Waals surface area contributed by atoms with Gasteiger partial charge in [0.1, 0.15) is 23.3 Å². The lowest BCUT2D eigenvalue weighted by molar-refractivity contribution is 0.312. The summed E-state index contributed by atoms with van der Waals surface area (Å²) in [6.45, 7) is 3.66. The molecule has 2 aromatic heterocycles. The molecular weight excluding hydrogens is 476 g/mol. The average Bonchev–Trinajstić information content (AvgIpc) is 2.83. The zero-order valence-electron chi connectivity index (χ0n) is 18.3. The number of rotatable bonds is 3. The lowest BCUT2D eigenvalue weighted by Gasteiger charge is -2.34. The molecule has 7 heteroatoms. The molecule has 4 aromatic rings. The number of nitrogens with two attached hydrogens (primary N) is 1. The quantitative estimate of drug-likeness (QED) is 0.431. The summed E-state index contributed by atoms with van der Waals surface area (Å²) in [5.74, 6) is 1.11. The number of para-hydroxylation sites is 1. The predicted octanol–water partition coefficient (Wildman–Crippen LogP) is 4.93. The van der Waals surface area contributed by atoms with Crippen LogP contribution in [0, 0.1) is 11.3 Å². The molecule has 5 rings (SSSR count). The van der Waals surface area contributed by atoms with Crippen molar-refractivity contribution >= 4 is 38.5 Å². The van der Waals surface area contributed by atoms with Gasteiger partial charge in [0.05, 0.1) is 11.2 Å². The van der Waals surface area contributed by atoms with Crippen molar-refractivity contribution in [2.45, 2.75) is 0 Å². The van der Waals surface area contributed by atoms with Crippen LogP contribution in [0.2, 0.25) is 0 Å². The maximum absolute atomic E-state index is 9.99. The molecule has 1 aliphatic heterocycles. The van der Waals surface area contributed by atoms with Gasteiger partial charge < -0.3 is 15.5 Å². The Balaban J connectivity index is 1.74. The number of hydrogen-bond acceptors (Lipinski definition) is 6. The van der Waals surface area contributed by atoms with E-state index in [0.29, 0.717) is 5.56 Å². The molecule has 0 saturated carbocycles. The van der Waals surface area contributed by atoms with E-state index in [9.17, 15) is 5.26 Å². The topological polar surface area (TPSA) is 82.1 Å². The van der Waals surface area contributed by atoms with Gasteiger partial charge in [-0.05, 0) is 37.4 Å². The van der Waals surface area contributed by atoms with Gasteiger partial charge in [-0.2, -0.15) is 5.26 Å². The third-order valence-corrected chi connectivity index (χ3v) is 6.62. The van der Waals surface area contributed by atoms with Gasteiger partial charge in [0, 0.05) is 52.7 Å². The van der Waals surface area contributed by atoms with Gasteiger partial charge in [0.2, 0.25) is 0 Å². The minimum absolute atomic E-state index is 0.227. The lowest BCUT2D eigenvalue weighted by Crippen LogP contribution is -2.45. The Bertz CT molecular complexity index is 1370. The van der Waals surface area contributed by atoms with Crippen LogP contribution in [0.25, 0.3) is 33.3 Å². The molecule has 0 spiro atoms. The first-order valence-corrected chi connectivity index (χ1v) is 11.6. The first kappa shape index (κ1) is 21.4. The first-order valence-electron chi connectivity index (χ1n) is 10.8. The largest absolute Gasteiger partial charge is 0.383 e. The number of likely N-dealkylation sites (N-methyl/N-ethyl adjacent to an activating group) is 1. The Morgan fingerprint density at radius 1 is 0.939 bits per heavy atom. The van der Waals surface area contributed by atoms with E-state index in [1.807, 2.05) is 54.6 Å². The lowest BCUT2D eigenvalue weighted by atomic mass is 9.97. The number of aromatic nitrogens is 2. The van der Waals surface area contributed by atoms with Crippen LogP contribution in [-0.4, -0.2) is 48.1 Å². The normalized spacial score (nSPS) is 14.4. The number of nitrogens with zero attached hydrogens (tertiary/aromatic N) is 5. The Morgan fingerprint density at radius 3 is 2.39 bits per heavy atom. The second-order valence-electron chi connectivity index (χ2n) is 8.28. The van der Waals surface area contributed by atoms with Crippen LogP contribution < -0.4 is 10.6 Å². The van der Waals surface area contributed by atoms with E-state index >= 15 is 0 Å². The Labute approximate surface area is 201 Å². The van der Waals surface area contributed by atoms with Gasteiger partial charge in [-0.25, -0.2) is 9.97 Å². The minimum Gasteiger partial charge on any atom is -0.383 e. The standard InChI is InChI=1S/C26H23BrN6/c1-32-10-12-33(13-11-32)26-21(14-18-4-2-3-5-23(18)31-26)20-15-24(30-25(29)22(20)16-28)17-6-8-19(27)9-7-17/h2-9,14-15H,10-13H2,1H3,(H2,29,30). The molecule has 0 atom stereocenters. The van der Waals surface area contributed by atoms with Gasteiger partial charge in [0.25, 0.3) is 0 Å². The number of nitrogen functional groups attached to an aromatic ring is 1. The molecule has 0 unspecified atom stereocenters. The van der Waals surface area contributed by atoms with Gasteiger partial charge >= 0.3 is 0 Å². The Hall–Kier alpha value is -3.47. The summed E-state index contributed by atoms with van der Waals surface area (Å²) >= 11 is 3.48. The summed E-state index contributed by atoms with van der Waals surface area (Å²) in [7, 11) is 2.13. The molecule has 0 aliphatic carbocycles. The number of pyridine rings is 2. The zero-order chi connectivity index (χ0) is 22.9. The van der Waals surface area contributed by atoms with Crippen LogP contribution in [0.4, 0.5) is 11.6 Å². The highest BCUT2D eigenvalue weighted by Crippen LogP contribution is 2.38. The molecule has 2 N–H and O–H groups in total. The van der Waals surface area contributed by atoms with Crippen LogP contribution in [0.5, 0.6) is 0 Å². The molecule has 2 aromatic carbocycles. The second kappa shape index (κ2) is 8.81. The van der Waals surface area contributed by atoms with Crippen LogP contribution in [0.1, 0.15) is 5.56 Å². The Morgan fingerprint density at radius 2 is 1.67 bits per heavy atom. The monoisotopic (exact) mass is 498 g/mol. The average molecular weight is 499 g/mol. The highest BCUT2D eigenvalue weighted by atomic mass is 79.9. The molecule has 0 radical (unpaired) electrons. The van der Waals surface area contributed by atoms with Crippen LogP contribution >= 0.6 is 15.9 Å². The van der Waals surface area contributed by atoms with Crippen molar-refractivity contribution in [1.82, 2.24) is 14.9 Å². The van der Waals surface area contributed by atoms with Gasteiger partial charge in [0.15, 0.2) is 0 Å². The van der Waals surface area contributed by atoms with Crippen LogP contribution in [-0.2, 0) is 0 Å². The van der Waals surface area contributed by atoms with Gasteiger partial charge in [-0.15, -0.1) is 0 Å². The summed E-state index contributed by atoms with van der Waals surface area (Å²) in [5, 5.41) is 11.0. The molecule has 33 heavy (non-hydrogen) atoms. The smallest absolute Gasteiger partial charge is 0.142 e. The highest BCUT2D eigenvalue weighted by molar-refractivity contribution is 9.10. The third-order valence-electron chi connectivity index (χ3n) is 6.10. The molecule has 1 fully saturated rings. The summed E-state index contributed by atoms with van der Waals surface area (Å²) in [6.07, 6.45) is 0. The first-order chi connectivity index (χ1) is 16.0. The number of halogens is 1. The molecule has 1 saturated heterocycles. The SMILES string of the molecule is CN1CCN(c2nc3ccccc3cc2-c2cc(-c3ccc(Br)cc3)nc(N)c2C#N)CC1. The minimum atomic E-state index is 0.227. The maximum Gasteiger partial charge on any atom is 0.142 e. The zero-order valence-corrected chi connectivity index (χ0v) is 19.9. The van der Waals surface area contributed by atoms with Crippen LogP contribution in [0.3, 0.4) is 0 Å². The van der Waals surface area contributed by atoms with E-state index in [0.717, 1.165) is 69.8 Å². The summed E-state index contributed by atoms with van der Waals surface area (Å²) in [5.41, 5.74) is 11.0. The number of hydrogen-bond donors (Lipinski definition) is 1. The number of piperazine rings is 1. The number of anilines is 2. The molecule has 0 bridgehead atoms. The van der Waals surface area contributed by atoms with E-state index < -0.39 is 0 Å². The van der Waals surface area contributed by atoms with Crippen molar-refractivity contribution in [3.05, 3.63) is 70.7 Å². The summed E-state index contributed by atoms with van der Waals surface area (Å²) in [6, 6.07) is 22.4. The van der Waals surface area contributed by atoms with Crippen LogP contribution in [0.15, 0.2) is 65.1 Å². The van der Waals surface area contributed by atoms with Crippen molar-refractivity contribution in [1.29, 1.82) is 5.26 Å². The molecule has 164 valence electrons. The number of benzene rings is 2. The second-order valence-corrected chi connectivity index (χ2v) is 9.19. The molecular formula is C26H23BrN6. The summed E-state index contributed by atoms with van der Waals surface area (Å²) < 4.78 is 0.990. The molecule has 3 heterocycles. The highest BCUT2D eigenvalue weighted by Gasteiger charge is 2.23. The van der Waals surface area contributed by atoms with E-state index in [-0.39, 0.29) is 5.82 Å². The molecule has 0 amide bonds. The fourth-order valence-electron chi connectivity index (χ4n) is 4.23. The predicted molar refractivity (Wildman–Crippen MR) is 137 cm³/mol. The van der Waals surface area contributed by atoms with Crippen molar-refractivity contribution < 1.29 is 0 Å². The maximum atomic E-state index is 9.99. The van der Waals surface area contributed by atoms with Crippen molar-refractivity contribution in [3.8, 4) is 28.5 Å². The van der Waals surface area contributed by atoms with E-state index in [4.69, 9.17) is 10.7 Å². The molecule has 1 aliphatic rings. The van der Waals surface area contributed by atoms with Crippen molar-refractivity contribution in [2.24, 2.45) is 0 Å². The Kier molecular flexibility index (Phi) is 5.71.